The molecule has 1 fully saturated rings. The molecular formula is C21H20F6N6O2. The van der Waals surface area contributed by atoms with E-state index in [0.29, 0.717) is 11.8 Å². The summed E-state index contributed by atoms with van der Waals surface area (Å²) >= 11 is 0. The second-order valence-electron chi connectivity index (χ2n) is 8.70. The van der Waals surface area contributed by atoms with Crippen molar-refractivity contribution >= 4 is 17.4 Å². The average Bonchev–Trinajstić information content (AvgIpc) is 3.15. The summed E-state index contributed by atoms with van der Waals surface area (Å²) in [5, 5.41) is 15.8. The standard InChI is InChI=1S/C21H20F6N6O2/c1-10-3-4-11(19(35,21(25,26)27)17(34)32-18(2)8-29-9-18)5-12(10)13-6-30-16-15(28)31-14(7-33(13)16)20(22,23)24/h3-7,29,35H,8-9H2,1-2H3,(H2,28,31)(H,32,34). The third kappa shape index (κ3) is 4.05. The van der Waals surface area contributed by atoms with Gasteiger partial charge in [-0.25, -0.2) is 9.97 Å². The first-order valence-corrected chi connectivity index (χ1v) is 10.2. The fourth-order valence-corrected chi connectivity index (χ4v) is 3.85. The van der Waals surface area contributed by atoms with Gasteiger partial charge in [0.15, 0.2) is 17.2 Å². The van der Waals surface area contributed by atoms with Gasteiger partial charge in [-0.2, -0.15) is 26.3 Å². The minimum atomic E-state index is -5.41. The third-order valence-corrected chi connectivity index (χ3v) is 5.92. The number of hydrogen-bond acceptors (Lipinski definition) is 6. The lowest BCUT2D eigenvalue weighted by atomic mass is 9.86. The van der Waals surface area contributed by atoms with Crippen LogP contribution in [0.25, 0.3) is 16.9 Å². The number of benzene rings is 1. The molecule has 188 valence electrons. The zero-order valence-corrected chi connectivity index (χ0v) is 18.3. The van der Waals surface area contributed by atoms with Crippen LogP contribution < -0.4 is 16.4 Å². The zero-order chi connectivity index (χ0) is 26.0. The van der Waals surface area contributed by atoms with E-state index in [1.54, 1.807) is 0 Å². The number of aromatic nitrogens is 3. The van der Waals surface area contributed by atoms with Crippen LogP contribution in [-0.2, 0) is 16.6 Å². The number of aryl methyl sites for hydroxylation is 1. The van der Waals surface area contributed by atoms with Crippen molar-refractivity contribution in [2.24, 2.45) is 0 Å². The number of halogens is 6. The number of anilines is 1. The molecular weight excluding hydrogens is 482 g/mol. The topological polar surface area (TPSA) is 118 Å². The predicted octanol–water partition coefficient (Wildman–Crippen LogP) is 2.53. The second kappa shape index (κ2) is 7.81. The maximum absolute atomic E-state index is 14.1. The fourth-order valence-electron chi connectivity index (χ4n) is 3.85. The number of imidazole rings is 1. The SMILES string of the molecule is Cc1ccc(C(O)(C(=O)NC2(C)CNC2)C(F)(F)F)cc1-c1cnc2c(N)nc(C(F)(F)F)cn12. The number of nitrogens with two attached hydrogens (primary N) is 1. The van der Waals surface area contributed by atoms with Crippen LogP contribution in [0.2, 0.25) is 0 Å². The highest BCUT2D eigenvalue weighted by atomic mass is 19.4. The Morgan fingerprint density at radius 1 is 1.23 bits per heavy atom. The summed E-state index contributed by atoms with van der Waals surface area (Å²) < 4.78 is 83.1. The molecule has 0 aliphatic carbocycles. The normalized spacial score (nSPS) is 17.6. The Morgan fingerprint density at radius 2 is 1.89 bits per heavy atom. The number of amides is 1. The van der Waals surface area contributed by atoms with Gasteiger partial charge in [-0.1, -0.05) is 12.1 Å². The first-order chi connectivity index (χ1) is 16.1. The lowest BCUT2D eigenvalue weighted by Crippen LogP contribution is -2.70. The van der Waals surface area contributed by atoms with E-state index < -0.39 is 46.5 Å². The van der Waals surface area contributed by atoms with Gasteiger partial charge < -0.3 is 21.5 Å². The van der Waals surface area contributed by atoms with Gasteiger partial charge in [0, 0.05) is 30.4 Å². The van der Waals surface area contributed by atoms with Crippen LogP contribution in [0.3, 0.4) is 0 Å². The molecule has 0 spiro atoms. The van der Waals surface area contributed by atoms with E-state index in [0.717, 1.165) is 22.7 Å². The summed E-state index contributed by atoms with van der Waals surface area (Å²) in [5.41, 5.74) is -1.27. The van der Waals surface area contributed by atoms with E-state index in [1.165, 1.54) is 19.9 Å². The van der Waals surface area contributed by atoms with E-state index in [9.17, 15) is 36.2 Å². The number of hydrogen-bond donors (Lipinski definition) is 4. The molecule has 3 aromatic rings. The molecule has 14 heteroatoms. The monoisotopic (exact) mass is 502 g/mol. The lowest BCUT2D eigenvalue weighted by Gasteiger charge is -2.42. The molecule has 1 amide bonds. The van der Waals surface area contributed by atoms with Crippen molar-refractivity contribution in [2.75, 3.05) is 18.8 Å². The van der Waals surface area contributed by atoms with Crippen molar-refractivity contribution in [3.05, 3.63) is 47.4 Å². The molecule has 4 rings (SSSR count). The molecule has 1 saturated heterocycles. The Labute approximate surface area is 194 Å². The first-order valence-electron chi connectivity index (χ1n) is 10.2. The van der Waals surface area contributed by atoms with Crippen LogP contribution in [0.15, 0.2) is 30.6 Å². The molecule has 2 aromatic heterocycles. The lowest BCUT2D eigenvalue weighted by molar-refractivity contribution is -0.257. The van der Waals surface area contributed by atoms with Crippen molar-refractivity contribution in [3.63, 3.8) is 0 Å². The highest BCUT2D eigenvalue weighted by molar-refractivity contribution is 5.89. The maximum atomic E-state index is 14.1. The van der Waals surface area contributed by atoms with Crippen molar-refractivity contribution in [1.82, 2.24) is 25.0 Å². The minimum absolute atomic E-state index is 0.000669. The Hall–Kier alpha value is -3.39. The molecule has 1 atom stereocenters. The number of nitrogen functional groups attached to an aromatic ring is 1. The summed E-state index contributed by atoms with van der Waals surface area (Å²) in [6.45, 7) is 3.45. The molecule has 0 radical (unpaired) electrons. The van der Waals surface area contributed by atoms with Crippen molar-refractivity contribution in [3.8, 4) is 11.3 Å². The fraction of sp³-hybridized carbons (Fsp3) is 0.381. The number of rotatable bonds is 4. The Bertz CT molecular complexity index is 1310. The zero-order valence-electron chi connectivity index (χ0n) is 18.3. The van der Waals surface area contributed by atoms with E-state index >= 15 is 0 Å². The summed E-state index contributed by atoms with van der Waals surface area (Å²) in [5.74, 6) is -2.21. The molecule has 3 heterocycles. The minimum Gasteiger partial charge on any atom is -0.381 e. The molecule has 1 aliphatic heterocycles. The second-order valence-corrected chi connectivity index (χ2v) is 8.70. The summed E-state index contributed by atoms with van der Waals surface area (Å²) in [4.78, 5) is 20.0. The number of carbonyl (C=O) groups excluding carboxylic acids is 1. The van der Waals surface area contributed by atoms with Gasteiger partial charge in [0.1, 0.15) is 0 Å². The van der Waals surface area contributed by atoms with Crippen LogP contribution in [0, 0.1) is 6.92 Å². The van der Waals surface area contributed by atoms with Crippen LogP contribution in [0.4, 0.5) is 32.2 Å². The third-order valence-electron chi connectivity index (χ3n) is 5.92. The number of carbonyl (C=O) groups is 1. The van der Waals surface area contributed by atoms with Gasteiger partial charge >= 0.3 is 12.4 Å². The first kappa shape index (κ1) is 24.7. The Kier molecular flexibility index (Phi) is 5.52. The van der Waals surface area contributed by atoms with Crippen molar-refractivity contribution in [2.45, 2.75) is 37.3 Å². The van der Waals surface area contributed by atoms with Crippen LogP contribution in [-0.4, -0.2) is 50.2 Å². The Balaban J connectivity index is 1.87. The van der Waals surface area contributed by atoms with Gasteiger partial charge in [0.25, 0.3) is 11.5 Å². The van der Waals surface area contributed by atoms with Gasteiger partial charge in [-0.15, -0.1) is 0 Å². The Morgan fingerprint density at radius 3 is 2.43 bits per heavy atom. The van der Waals surface area contributed by atoms with E-state index in [4.69, 9.17) is 5.73 Å². The van der Waals surface area contributed by atoms with Gasteiger partial charge in [-0.05, 0) is 25.5 Å². The number of alkyl halides is 6. The van der Waals surface area contributed by atoms with Gasteiger partial charge in [0.05, 0.1) is 17.4 Å². The maximum Gasteiger partial charge on any atom is 0.434 e. The molecule has 0 saturated carbocycles. The number of nitrogens with one attached hydrogen (secondary N) is 2. The molecule has 0 bridgehead atoms. The summed E-state index contributed by atoms with van der Waals surface area (Å²) in [7, 11) is 0. The van der Waals surface area contributed by atoms with E-state index in [1.807, 2.05) is 0 Å². The highest BCUT2D eigenvalue weighted by Gasteiger charge is 2.62. The van der Waals surface area contributed by atoms with Gasteiger partial charge in [0.2, 0.25) is 0 Å². The smallest absolute Gasteiger partial charge is 0.381 e. The van der Waals surface area contributed by atoms with Crippen LogP contribution >= 0.6 is 0 Å². The van der Waals surface area contributed by atoms with E-state index in [2.05, 4.69) is 20.6 Å². The number of nitrogens with zero attached hydrogens (tertiary/aromatic N) is 3. The molecule has 1 aliphatic rings. The quantitative estimate of drug-likeness (QED) is 0.408. The van der Waals surface area contributed by atoms with Crippen LogP contribution in [0.5, 0.6) is 0 Å². The molecule has 1 unspecified atom stereocenters. The largest absolute Gasteiger partial charge is 0.434 e. The van der Waals surface area contributed by atoms with E-state index in [-0.39, 0.29) is 30.0 Å². The highest BCUT2D eigenvalue weighted by Crippen LogP contribution is 2.42. The van der Waals surface area contributed by atoms with Crippen molar-refractivity contribution < 1.29 is 36.2 Å². The average molecular weight is 502 g/mol. The molecule has 8 nitrogen and oxygen atoms in total. The van der Waals surface area contributed by atoms with Gasteiger partial charge in [-0.3, -0.25) is 9.20 Å². The van der Waals surface area contributed by atoms with Crippen LogP contribution in [0.1, 0.15) is 23.7 Å². The number of fused-ring (bicyclic) bond motifs is 1. The molecule has 5 N–H and O–H groups in total. The summed E-state index contributed by atoms with van der Waals surface area (Å²) in [6.07, 6.45) is -8.52. The predicted molar refractivity (Wildman–Crippen MR) is 112 cm³/mol. The molecule has 35 heavy (non-hydrogen) atoms. The molecule has 1 aromatic carbocycles. The summed E-state index contributed by atoms with van der Waals surface area (Å²) in [6, 6.07) is 3.06. The number of aliphatic hydroxyl groups is 1. The van der Waals surface area contributed by atoms with Crippen molar-refractivity contribution in [1.29, 1.82) is 0 Å².